The number of rotatable bonds is 6. The number of nitrogens with one attached hydrogen (secondary N) is 1. The van der Waals surface area contributed by atoms with Gasteiger partial charge < -0.3 is 4.57 Å². The van der Waals surface area contributed by atoms with E-state index in [1.54, 1.807) is 35.0 Å². The van der Waals surface area contributed by atoms with E-state index < -0.39 is 16.7 Å². The van der Waals surface area contributed by atoms with Gasteiger partial charge in [-0.1, -0.05) is 19.4 Å². The predicted molar refractivity (Wildman–Crippen MR) is 108 cm³/mol. The van der Waals surface area contributed by atoms with E-state index in [0.29, 0.717) is 17.9 Å². The second-order valence-electron chi connectivity index (χ2n) is 6.21. The maximum absolute atomic E-state index is 12.8. The van der Waals surface area contributed by atoms with Crippen LogP contribution in [-0.4, -0.2) is 37.9 Å². The number of hydrogen-bond acceptors (Lipinski definition) is 5. The van der Waals surface area contributed by atoms with Crippen molar-refractivity contribution in [3.8, 4) is 5.69 Å². The molecule has 1 aliphatic rings. The van der Waals surface area contributed by atoms with Gasteiger partial charge in [0, 0.05) is 30.6 Å². The van der Waals surface area contributed by atoms with Crippen molar-refractivity contribution in [3.05, 3.63) is 64.0 Å². The minimum absolute atomic E-state index is 0.0323. The number of carbonyl (C=O) groups is 2. The molecule has 2 heterocycles. The monoisotopic (exact) mass is 398 g/mol. The van der Waals surface area contributed by atoms with Gasteiger partial charge in [-0.15, -0.1) is 0 Å². The van der Waals surface area contributed by atoms with Crippen molar-refractivity contribution >= 4 is 40.9 Å². The van der Waals surface area contributed by atoms with Crippen molar-refractivity contribution in [3.63, 3.8) is 0 Å². The van der Waals surface area contributed by atoms with E-state index in [1.807, 2.05) is 6.92 Å². The van der Waals surface area contributed by atoms with Crippen LogP contribution in [0.5, 0.6) is 0 Å². The fourth-order valence-corrected chi connectivity index (χ4v) is 3.13. The first-order valence-electron chi connectivity index (χ1n) is 8.73. The third-order valence-electron chi connectivity index (χ3n) is 4.31. The van der Waals surface area contributed by atoms with Gasteiger partial charge in [-0.25, -0.2) is 0 Å². The maximum Gasteiger partial charge on any atom is 0.271 e. The van der Waals surface area contributed by atoms with E-state index in [4.69, 9.17) is 12.2 Å². The Hall–Kier alpha value is -3.33. The summed E-state index contributed by atoms with van der Waals surface area (Å²) in [5.41, 5.74) is 1.01. The molecule has 0 radical (unpaired) electrons. The van der Waals surface area contributed by atoms with Crippen molar-refractivity contribution in [2.45, 2.75) is 19.8 Å². The zero-order chi connectivity index (χ0) is 20.3. The van der Waals surface area contributed by atoms with Crippen LogP contribution in [0.15, 0.2) is 48.2 Å². The molecule has 1 aromatic heterocycles. The third-order valence-corrected chi connectivity index (χ3v) is 4.63. The van der Waals surface area contributed by atoms with Crippen LogP contribution in [0.4, 0.5) is 5.69 Å². The second-order valence-corrected chi connectivity index (χ2v) is 6.59. The quantitative estimate of drug-likeness (QED) is 0.265. The molecule has 9 heteroatoms. The van der Waals surface area contributed by atoms with Crippen LogP contribution in [-0.2, 0) is 9.59 Å². The lowest BCUT2D eigenvalue weighted by Gasteiger charge is -2.28. The molecule has 2 aromatic rings. The second kappa shape index (κ2) is 8.13. The Kier molecular flexibility index (Phi) is 5.65. The summed E-state index contributed by atoms with van der Waals surface area (Å²) in [6, 6.07) is 9.56. The molecule has 1 aliphatic heterocycles. The van der Waals surface area contributed by atoms with Crippen LogP contribution in [0.25, 0.3) is 11.8 Å². The average Bonchev–Trinajstić information content (AvgIpc) is 3.13. The lowest BCUT2D eigenvalue weighted by Crippen LogP contribution is -2.54. The van der Waals surface area contributed by atoms with E-state index in [1.165, 1.54) is 23.1 Å². The summed E-state index contributed by atoms with van der Waals surface area (Å²) in [5, 5.41) is 13.7. The van der Waals surface area contributed by atoms with Crippen molar-refractivity contribution in [1.82, 2.24) is 14.8 Å². The molecular weight excluding hydrogens is 380 g/mol. The van der Waals surface area contributed by atoms with Crippen molar-refractivity contribution in [2.24, 2.45) is 0 Å². The van der Waals surface area contributed by atoms with Crippen LogP contribution >= 0.6 is 12.2 Å². The summed E-state index contributed by atoms with van der Waals surface area (Å²) >= 11 is 5.11. The Morgan fingerprint density at radius 3 is 2.75 bits per heavy atom. The Labute approximate surface area is 166 Å². The first kappa shape index (κ1) is 19.4. The number of nitro benzene ring substituents is 1. The summed E-state index contributed by atoms with van der Waals surface area (Å²) in [4.78, 5) is 37.1. The fraction of sp³-hybridized carbons (Fsp3) is 0.211. The van der Waals surface area contributed by atoms with Gasteiger partial charge in [0.15, 0.2) is 5.11 Å². The van der Waals surface area contributed by atoms with Crippen molar-refractivity contribution < 1.29 is 14.5 Å². The highest BCUT2D eigenvalue weighted by molar-refractivity contribution is 7.80. The van der Waals surface area contributed by atoms with Gasteiger partial charge in [-0.05, 0) is 42.9 Å². The first-order valence-corrected chi connectivity index (χ1v) is 9.14. The number of nitro groups is 1. The highest BCUT2D eigenvalue weighted by Gasteiger charge is 2.33. The number of aromatic nitrogens is 1. The molecule has 3 rings (SSSR count). The molecule has 1 N–H and O–H groups in total. The zero-order valence-corrected chi connectivity index (χ0v) is 15.9. The van der Waals surface area contributed by atoms with Gasteiger partial charge in [0.25, 0.3) is 17.5 Å². The summed E-state index contributed by atoms with van der Waals surface area (Å²) in [7, 11) is 0. The van der Waals surface area contributed by atoms with E-state index in [9.17, 15) is 19.7 Å². The summed E-state index contributed by atoms with van der Waals surface area (Å²) in [6.07, 6.45) is 4.82. The highest BCUT2D eigenvalue weighted by Crippen LogP contribution is 2.21. The van der Waals surface area contributed by atoms with Gasteiger partial charge in [-0.2, -0.15) is 0 Å². The van der Waals surface area contributed by atoms with Crippen molar-refractivity contribution in [2.75, 3.05) is 6.54 Å². The molecule has 144 valence electrons. The molecule has 0 bridgehead atoms. The van der Waals surface area contributed by atoms with Gasteiger partial charge >= 0.3 is 0 Å². The topological polar surface area (TPSA) is 97.5 Å². The molecule has 1 saturated heterocycles. The highest BCUT2D eigenvalue weighted by atomic mass is 32.1. The molecule has 0 saturated carbocycles. The molecule has 0 unspecified atom stereocenters. The van der Waals surface area contributed by atoms with Crippen LogP contribution in [0.3, 0.4) is 0 Å². The van der Waals surface area contributed by atoms with E-state index in [0.717, 1.165) is 12.8 Å². The van der Waals surface area contributed by atoms with E-state index >= 15 is 0 Å². The Bertz CT molecular complexity index is 995. The van der Waals surface area contributed by atoms with Gasteiger partial charge in [-0.3, -0.25) is 29.9 Å². The molecule has 8 nitrogen and oxygen atoms in total. The standard InChI is InChI=1S/C19H18N4O4S/c1-2-3-9-22-18(25)16(17(24)20-19(22)28)12-14-8-5-10-21(14)13-6-4-7-15(11-13)23(26)27/h4-8,10-12H,2-3,9H2,1H3,(H,20,24,28). The maximum atomic E-state index is 12.8. The molecule has 0 spiro atoms. The van der Waals surface area contributed by atoms with E-state index in [-0.39, 0.29) is 16.4 Å². The molecule has 1 aromatic carbocycles. The normalized spacial score (nSPS) is 15.8. The lowest BCUT2D eigenvalue weighted by atomic mass is 10.1. The Balaban J connectivity index is 1.98. The molecule has 0 atom stereocenters. The average molecular weight is 398 g/mol. The van der Waals surface area contributed by atoms with Crippen LogP contribution in [0.2, 0.25) is 0 Å². The SMILES string of the molecule is CCCCN1C(=O)C(=Cc2cccn2-c2cccc([N+](=O)[O-])c2)C(=O)NC1=S. The van der Waals surface area contributed by atoms with Gasteiger partial charge in [0.05, 0.1) is 10.6 Å². The molecule has 28 heavy (non-hydrogen) atoms. The third kappa shape index (κ3) is 3.84. The van der Waals surface area contributed by atoms with E-state index in [2.05, 4.69) is 5.32 Å². The Morgan fingerprint density at radius 1 is 1.25 bits per heavy atom. The number of unbranched alkanes of at least 4 members (excludes halogenated alkanes) is 1. The summed E-state index contributed by atoms with van der Waals surface area (Å²) < 4.78 is 1.67. The summed E-state index contributed by atoms with van der Waals surface area (Å²) in [5.74, 6) is -1.01. The minimum atomic E-state index is -0.561. The first-order chi connectivity index (χ1) is 13.4. The van der Waals surface area contributed by atoms with Crippen LogP contribution < -0.4 is 5.32 Å². The predicted octanol–water partition coefficient (Wildman–Crippen LogP) is 2.81. The van der Waals surface area contributed by atoms with Crippen LogP contribution in [0.1, 0.15) is 25.5 Å². The number of non-ortho nitro benzene ring substituents is 1. The number of hydrogen-bond donors (Lipinski definition) is 1. The minimum Gasteiger partial charge on any atom is -0.317 e. The number of thiocarbonyl (C=S) groups is 1. The molecular formula is C19H18N4O4S. The molecule has 1 fully saturated rings. The Morgan fingerprint density at radius 2 is 2.04 bits per heavy atom. The number of amides is 2. The van der Waals surface area contributed by atoms with Gasteiger partial charge in [0.1, 0.15) is 5.57 Å². The smallest absolute Gasteiger partial charge is 0.271 e. The number of benzene rings is 1. The number of nitrogens with zero attached hydrogens (tertiary/aromatic N) is 3. The lowest BCUT2D eigenvalue weighted by molar-refractivity contribution is -0.384. The van der Waals surface area contributed by atoms with Crippen molar-refractivity contribution in [1.29, 1.82) is 0 Å². The largest absolute Gasteiger partial charge is 0.317 e. The fourth-order valence-electron chi connectivity index (χ4n) is 2.86. The molecule has 0 aliphatic carbocycles. The number of carbonyl (C=O) groups excluding carboxylic acids is 2. The zero-order valence-electron chi connectivity index (χ0n) is 15.1. The van der Waals surface area contributed by atoms with Crippen LogP contribution in [0, 0.1) is 10.1 Å². The van der Waals surface area contributed by atoms with Gasteiger partial charge in [0.2, 0.25) is 0 Å². The summed E-state index contributed by atoms with van der Waals surface area (Å²) in [6.45, 7) is 2.43. The molecule has 2 amide bonds.